The van der Waals surface area contributed by atoms with Crippen LogP contribution in [0.25, 0.3) is 11.1 Å². The van der Waals surface area contributed by atoms with E-state index in [1.165, 1.54) is 0 Å². The van der Waals surface area contributed by atoms with E-state index in [2.05, 4.69) is 42.5 Å². The lowest BCUT2D eigenvalue weighted by molar-refractivity contribution is -0.259. The van der Waals surface area contributed by atoms with Crippen molar-refractivity contribution in [2.45, 2.75) is 264 Å². The summed E-state index contributed by atoms with van der Waals surface area (Å²) in [6, 6.07) is 15.1. The summed E-state index contributed by atoms with van der Waals surface area (Å²) in [6.45, 7) is 5.39. The maximum atomic E-state index is 15.3. The fraction of sp³-hybridized carbons (Fsp3) is 0.611. The number of primary amides is 1. The second kappa shape index (κ2) is 58.5. The van der Waals surface area contributed by atoms with Crippen molar-refractivity contribution in [2.24, 2.45) is 29.4 Å². The molecule has 0 bridgehead atoms. The lowest BCUT2D eigenvalue weighted by atomic mass is 9.86. The average Bonchev–Trinajstić information content (AvgIpc) is 1.41. The molecule has 2 aromatic carbocycles. The molecular formula is C95H125N9O46. The number of fused-ring (bicyclic) bond motifs is 3. The summed E-state index contributed by atoms with van der Waals surface area (Å²) >= 11 is 0. The van der Waals surface area contributed by atoms with Gasteiger partial charge in [0.2, 0.25) is 47.3 Å². The Hall–Kier alpha value is -15.2. The number of alkyl carbamates (subject to hydrolysis) is 1. The first kappa shape index (κ1) is 122. The van der Waals surface area contributed by atoms with Gasteiger partial charge in [-0.3, -0.25) is 115 Å². The van der Waals surface area contributed by atoms with Gasteiger partial charge in [0, 0.05) is 195 Å². The second-order valence-electron chi connectivity index (χ2n) is 34.8. The van der Waals surface area contributed by atoms with Crippen molar-refractivity contribution in [3.8, 4) is 11.1 Å². The smallest absolute Gasteiger partial charge is 0.407 e. The summed E-state index contributed by atoms with van der Waals surface area (Å²) in [5.74, 6) is -33.5. The lowest BCUT2D eigenvalue weighted by Crippen LogP contribution is -2.66. The van der Waals surface area contributed by atoms with E-state index in [-0.39, 0.29) is 19.1 Å². The molecule has 4 heterocycles. The highest BCUT2D eigenvalue weighted by Gasteiger charge is 2.61. The molecule has 7 rings (SSSR count). The molecule has 2 aromatic rings. The molecule has 0 radical (unpaired) electrons. The van der Waals surface area contributed by atoms with Gasteiger partial charge in [0.25, 0.3) is 0 Å². The van der Waals surface area contributed by atoms with E-state index in [4.69, 9.17) is 105 Å². The van der Waals surface area contributed by atoms with Gasteiger partial charge in [0.05, 0.1) is 23.7 Å². The molecule has 1 aliphatic carbocycles. The molecule has 9 amide bonds. The Bertz CT molecular complexity index is 5220. The number of esters is 16. The van der Waals surface area contributed by atoms with Crippen molar-refractivity contribution >= 4 is 149 Å². The molecule has 0 spiro atoms. The Kier molecular flexibility index (Phi) is 47.5. The van der Waals surface area contributed by atoms with Gasteiger partial charge in [-0.05, 0) is 22.3 Å². The highest BCUT2D eigenvalue weighted by molar-refractivity contribution is 5.88. The van der Waals surface area contributed by atoms with Crippen LogP contribution < -0.4 is 48.3 Å². The lowest BCUT2D eigenvalue weighted by Gasteiger charge is -2.46. The molecule has 150 heavy (non-hydrogen) atoms. The van der Waals surface area contributed by atoms with Crippen molar-refractivity contribution in [1.82, 2.24) is 42.5 Å². The van der Waals surface area contributed by atoms with Crippen LogP contribution in [-0.2, 0) is 215 Å². The summed E-state index contributed by atoms with van der Waals surface area (Å²) in [7, 11) is 0. The number of nitrogens with one attached hydrogen (secondary N) is 8. The molecule has 4 fully saturated rings. The average molecular weight is 2130 g/mol. The zero-order valence-corrected chi connectivity index (χ0v) is 84.9. The fourth-order valence-electron chi connectivity index (χ4n) is 17.3. The standard InChI is InChI=1S/C95H125N9O46/c1-42(105)130-38-67-79(135-46(5)109)87(143-54(13)117)83(139-50(9)113)75(147-67)62(91(96)125)33-101-71(121)25-29-97-92(126)63(76-84(140-51(10)114)88(144-55(14)118)80(136-47(6)110)68(148-76)39-131-43(2)106)34-102-72(122)26-30-98-93(127)64(77-85(141-52(11)115)89(145-56(15)119)81(137-48(7)111)69(149-77)40-132-44(3)107)35-103-73(123)27-31-99-94(128)65(78-86(142-53(12)116)90(146-57(16)120)82(138-49(8)112)70(150-78)41-133-45(4)108)36-104-74(124)28-32-100-95(129)134-37-66-60-23-19-17-21-58(60)59-22-18-20-24-61(59)66/h17-24,62-70,75-90H,25-41H2,1-16H3,(H2,96,125)(H,97,126)(H,98,127)(H,99,128)(H,100,129)(H,101,121)(H,102,122)(H,103,123)(H,104,124)/t62-,63-,64-,65-,67-,68-,69-,70-,75+,76+,77+,78+,79-,80-,81-,82-,83+,84+,85+,86+,87+,88+,89+,90+/m1/s1. The third-order valence-electron chi connectivity index (χ3n) is 23.1. The minimum Gasteiger partial charge on any atom is -0.463 e. The van der Waals surface area contributed by atoms with Crippen LogP contribution >= 0.6 is 0 Å². The molecule has 55 heteroatoms. The normalized spacial score (nSPS) is 24.1. The second-order valence-corrected chi connectivity index (χ2v) is 34.8. The Balaban J connectivity index is 1.19. The van der Waals surface area contributed by atoms with Crippen LogP contribution in [0.4, 0.5) is 4.79 Å². The largest absolute Gasteiger partial charge is 0.463 e. The molecule has 24 atom stereocenters. The Morgan fingerprint density at radius 1 is 0.247 bits per heavy atom. The number of hydrogen-bond acceptors (Lipinski definition) is 46. The van der Waals surface area contributed by atoms with E-state index >= 15 is 14.4 Å². The quantitative estimate of drug-likeness (QED) is 0.0228. The summed E-state index contributed by atoms with van der Waals surface area (Å²) in [6.07, 6.45) is -40.8. The van der Waals surface area contributed by atoms with Crippen LogP contribution in [0.5, 0.6) is 0 Å². The van der Waals surface area contributed by atoms with Crippen LogP contribution in [0.15, 0.2) is 48.5 Å². The van der Waals surface area contributed by atoms with Crippen molar-refractivity contribution in [2.75, 3.05) is 85.4 Å². The molecule has 10 N–H and O–H groups in total. The highest BCUT2D eigenvalue weighted by atomic mass is 16.7. The molecule has 5 aliphatic rings. The number of rotatable bonds is 50. The van der Waals surface area contributed by atoms with Gasteiger partial charge in [-0.15, -0.1) is 0 Å². The van der Waals surface area contributed by atoms with Gasteiger partial charge >= 0.3 is 102 Å². The first-order chi connectivity index (χ1) is 70.7. The summed E-state index contributed by atoms with van der Waals surface area (Å²) in [5.41, 5.74) is 9.61. The topological polar surface area (TPSA) is 743 Å². The monoisotopic (exact) mass is 2130 g/mol. The molecule has 0 unspecified atom stereocenters. The molecule has 4 saturated heterocycles. The Morgan fingerprint density at radius 2 is 0.453 bits per heavy atom. The van der Waals surface area contributed by atoms with Crippen molar-refractivity contribution < 1.29 is 219 Å². The van der Waals surface area contributed by atoms with Crippen LogP contribution in [0, 0.1) is 23.7 Å². The van der Waals surface area contributed by atoms with Crippen LogP contribution in [0.3, 0.4) is 0 Å². The summed E-state index contributed by atoms with van der Waals surface area (Å²) in [5, 5.41) is 19.8. The molecule has 0 saturated carbocycles. The van der Waals surface area contributed by atoms with E-state index < -0.39 is 393 Å². The van der Waals surface area contributed by atoms with E-state index in [1.807, 2.05) is 48.5 Å². The maximum Gasteiger partial charge on any atom is 0.407 e. The van der Waals surface area contributed by atoms with Crippen molar-refractivity contribution in [3.63, 3.8) is 0 Å². The zero-order valence-electron chi connectivity index (χ0n) is 84.9. The van der Waals surface area contributed by atoms with Crippen LogP contribution in [0.2, 0.25) is 0 Å². The number of carbonyl (C=O) groups is 25. The van der Waals surface area contributed by atoms with Gasteiger partial charge < -0.3 is 148 Å². The molecule has 826 valence electrons. The Morgan fingerprint density at radius 3 is 0.680 bits per heavy atom. The van der Waals surface area contributed by atoms with E-state index in [0.717, 1.165) is 133 Å². The number of ether oxygens (including phenoxy) is 21. The van der Waals surface area contributed by atoms with Gasteiger partial charge in [0.1, 0.15) is 81.9 Å². The van der Waals surface area contributed by atoms with Gasteiger partial charge in [-0.1, -0.05) is 48.5 Å². The summed E-state index contributed by atoms with van der Waals surface area (Å²) < 4.78 is 119. The SMILES string of the molecule is CC(=O)OC[C@H]1O[C@@H]([C@@H](CNC(=O)CCNC(=O)[C@H](CNC(=O)CCNC(=O)[C@H](CNC(=O)CCNC(=O)[C@H](CNC(=O)CCNC(=O)OCC2c3ccccc3-c3ccccc32)[C@@H]2O[C@H](COC(C)=O)[C@@H](OC(C)=O)[C@H](OC(C)=O)[C@H]2OC(C)=O)[C@@H]2O[C@H](COC(C)=O)[C@@H](OC(C)=O)[C@H](OC(C)=O)[C@H]2OC(C)=O)[C@@H]2O[C@H](COC(C)=O)[C@@H](OC(C)=O)[C@H](OC(C)=O)[C@H]2OC(C)=O)C(N)=O)[C@H](OC(C)=O)[C@@H](OC(C)=O)[C@@H]1OC(C)=O. The summed E-state index contributed by atoms with van der Waals surface area (Å²) in [4.78, 5) is 334. The number of benzene rings is 2. The van der Waals surface area contributed by atoms with Gasteiger partial charge in [-0.25, -0.2) is 4.79 Å². The first-order valence-corrected chi connectivity index (χ1v) is 47.2. The number of hydrogen-bond donors (Lipinski definition) is 9. The number of amides is 9. The van der Waals surface area contributed by atoms with E-state index in [9.17, 15) is 105 Å². The minimum absolute atomic E-state index is 0.0960. The molecular weight excluding hydrogens is 2000 g/mol. The number of carbonyl (C=O) groups excluding carboxylic acids is 25. The Labute approximate surface area is 857 Å². The molecule has 0 aromatic heterocycles. The third-order valence-corrected chi connectivity index (χ3v) is 23.1. The van der Waals surface area contributed by atoms with E-state index in [1.54, 1.807) is 0 Å². The predicted molar refractivity (Wildman–Crippen MR) is 494 cm³/mol. The third kappa shape index (κ3) is 37.6. The van der Waals surface area contributed by atoms with Crippen molar-refractivity contribution in [1.29, 1.82) is 0 Å². The van der Waals surface area contributed by atoms with Gasteiger partial charge in [-0.2, -0.15) is 0 Å². The predicted octanol–water partition coefficient (Wildman–Crippen LogP) is -3.65. The minimum atomic E-state index is -2.05. The zero-order chi connectivity index (χ0) is 111. The van der Waals surface area contributed by atoms with Crippen molar-refractivity contribution in [3.05, 3.63) is 59.7 Å². The van der Waals surface area contributed by atoms with Crippen LogP contribution in [-0.4, -0.2) is 356 Å². The molecule has 4 aliphatic heterocycles. The fourth-order valence-corrected chi connectivity index (χ4v) is 17.3. The van der Waals surface area contributed by atoms with Crippen LogP contribution in [0.1, 0.15) is 154 Å². The molecule has 55 nitrogen and oxygen atoms in total. The van der Waals surface area contributed by atoms with Gasteiger partial charge in [0.15, 0.2) is 73.2 Å². The maximum absolute atomic E-state index is 15.3. The first-order valence-electron chi connectivity index (χ1n) is 47.2. The van der Waals surface area contributed by atoms with E-state index in [0.29, 0.717) is 0 Å². The highest BCUT2D eigenvalue weighted by Crippen LogP contribution is 2.45. The number of nitrogens with two attached hydrogens (primary N) is 1.